The van der Waals surface area contributed by atoms with Crippen molar-refractivity contribution >= 4 is 17.7 Å². The van der Waals surface area contributed by atoms with E-state index in [4.69, 9.17) is 15.2 Å². The molecule has 43 heavy (non-hydrogen) atoms. The van der Waals surface area contributed by atoms with E-state index in [0.29, 0.717) is 13.0 Å². The molecule has 10 nitrogen and oxygen atoms in total. The number of nitrogens with zero attached hydrogens (tertiary/aromatic N) is 2. The van der Waals surface area contributed by atoms with E-state index in [0.717, 1.165) is 18.4 Å². The van der Waals surface area contributed by atoms with Crippen molar-refractivity contribution in [3.05, 3.63) is 35.9 Å². The van der Waals surface area contributed by atoms with Crippen LogP contribution in [0, 0.1) is 17.8 Å². The smallest absolute Gasteiger partial charge is 0.239 e. The quantitative estimate of drug-likeness (QED) is 0.264. The maximum absolute atomic E-state index is 13.8. The van der Waals surface area contributed by atoms with Crippen molar-refractivity contribution in [2.75, 3.05) is 27.8 Å². The fourth-order valence-electron chi connectivity index (χ4n) is 6.20. The molecule has 1 aliphatic rings. The Morgan fingerprint density at radius 2 is 1.72 bits per heavy atom. The number of hydrogen-bond acceptors (Lipinski definition) is 7. The van der Waals surface area contributed by atoms with Crippen molar-refractivity contribution < 1.29 is 29.0 Å². The maximum Gasteiger partial charge on any atom is 0.239 e. The predicted molar refractivity (Wildman–Crippen MR) is 168 cm³/mol. The molecule has 4 N–H and O–H groups in total. The van der Waals surface area contributed by atoms with Gasteiger partial charge in [-0.1, -0.05) is 71.4 Å². The largest absolute Gasteiger partial charge is 0.386 e. The van der Waals surface area contributed by atoms with Crippen LogP contribution in [0.15, 0.2) is 30.3 Å². The van der Waals surface area contributed by atoms with Crippen molar-refractivity contribution in [2.24, 2.45) is 23.5 Å². The van der Waals surface area contributed by atoms with Gasteiger partial charge >= 0.3 is 0 Å². The fourth-order valence-corrected chi connectivity index (χ4v) is 6.20. The molecular formula is C33H56N4O6. The molecule has 1 heterocycles. The van der Waals surface area contributed by atoms with Gasteiger partial charge in [-0.3, -0.25) is 14.4 Å². The number of aliphatic hydroxyl groups excluding tert-OH is 1. The van der Waals surface area contributed by atoms with Gasteiger partial charge in [0, 0.05) is 27.8 Å². The van der Waals surface area contributed by atoms with Gasteiger partial charge in [-0.2, -0.15) is 0 Å². The molecular weight excluding hydrogens is 548 g/mol. The minimum Gasteiger partial charge on any atom is -0.386 e. The first-order valence-corrected chi connectivity index (χ1v) is 15.7. The van der Waals surface area contributed by atoms with E-state index < -0.39 is 36.3 Å². The lowest BCUT2D eigenvalue weighted by Gasteiger charge is -2.40. The Kier molecular flexibility index (Phi) is 14.6. The normalized spacial score (nSPS) is 20.9. The number of hydrogen-bond donors (Lipinski definition) is 3. The number of carbonyl (C=O) groups excluding carboxylic acids is 3. The number of benzene rings is 1. The molecule has 1 fully saturated rings. The highest BCUT2D eigenvalue weighted by Crippen LogP contribution is 2.30. The first-order chi connectivity index (χ1) is 20.3. The van der Waals surface area contributed by atoms with Crippen LogP contribution in [-0.2, 0) is 23.9 Å². The van der Waals surface area contributed by atoms with Crippen LogP contribution in [0.25, 0.3) is 0 Å². The van der Waals surface area contributed by atoms with E-state index in [1.165, 1.54) is 0 Å². The lowest BCUT2D eigenvalue weighted by atomic mass is 9.89. The molecule has 1 aromatic rings. The summed E-state index contributed by atoms with van der Waals surface area (Å²) in [7, 11) is 4.88. The lowest BCUT2D eigenvalue weighted by molar-refractivity contribution is -0.146. The number of likely N-dealkylation sites (N-methyl/N-ethyl adjacent to an activating group) is 1. The van der Waals surface area contributed by atoms with Crippen molar-refractivity contribution in [1.29, 1.82) is 0 Å². The number of ether oxygens (including phenoxy) is 2. The summed E-state index contributed by atoms with van der Waals surface area (Å²) < 4.78 is 11.7. The van der Waals surface area contributed by atoms with E-state index >= 15 is 0 Å². The molecule has 10 heteroatoms. The van der Waals surface area contributed by atoms with Crippen LogP contribution in [0.5, 0.6) is 0 Å². The number of methoxy groups -OCH3 is 2. The molecule has 1 aromatic carbocycles. The maximum atomic E-state index is 13.8. The van der Waals surface area contributed by atoms with Gasteiger partial charge in [0.25, 0.3) is 0 Å². The summed E-state index contributed by atoms with van der Waals surface area (Å²) >= 11 is 0. The Morgan fingerprint density at radius 1 is 1.09 bits per heavy atom. The Balaban J connectivity index is 2.17. The monoisotopic (exact) mass is 604 g/mol. The molecule has 0 aliphatic carbocycles. The van der Waals surface area contributed by atoms with Gasteiger partial charge in [0.2, 0.25) is 17.7 Å². The van der Waals surface area contributed by atoms with E-state index in [1.807, 2.05) is 49.1 Å². The highest BCUT2D eigenvalue weighted by atomic mass is 16.5. The predicted octanol–water partition coefficient (Wildman–Crippen LogP) is 3.13. The topological polar surface area (TPSA) is 134 Å². The summed E-state index contributed by atoms with van der Waals surface area (Å²) in [5, 5.41) is 13.7. The fraction of sp³-hybridized carbons (Fsp3) is 0.727. The minimum atomic E-state index is -0.854. The van der Waals surface area contributed by atoms with Crippen LogP contribution in [0.1, 0.15) is 78.9 Å². The second-order valence-electron chi connectivity index (χ2n) is 12.5. The summed E-state index contributed by atoms with van der Waals surface area (Å²) in [6.07, 6.45) is 0.474. The Labute approximate surface area is 258 Å². The van der Waals surface area contributed by atoms with Gasteiger partial charge < -0.3 is 35.4 Å². The Morgan fingerprint density at radius 3 is 2.26 bits per heavy atom. The number of likely N-dealkylation sites (tertiary alicyclic amines) is 1. The zero-order valence-corrected chi connectivity index (χ0v) is 27.7. The third kappa shape index (κ3) is 9.23. The second-order valence-corrected chi connectivity index (χ2v) is 12.5. The van der Waals surface area contributed by atoms with Gasteiger partial charge in [-0.15, -0.1) is 0 Å². The number of aliphatic hydroxyl groups is 1. The molecule has 0 radical (unpaired) electrons. The van der Waals surface area contributed by atoms with Gasteiger partial charge in [0.1, 0.15) is 0 Å². The molecule has 0 unspecified atom stereocenters. The average molecular weight is 605 g/mol. The molecule has 2 rings (SSSR count). The summed E-state index contributed by atoms with van der Waals surface area (Å²) in [5.41, 5.74) is 6.93. The van der Waals surface area contributed by atoms with E-state index in [1.54, 1.807) is 40.0 Å². The molecule has 0 aromatic heterocycles. The Bertz CT molecular complexity index is 1020. The van der Waals surface area contributed by atoms with E-state index in [-0.39, 0.29) is 48.1 Å². The first kappa shape index (κ1) is 36.7. The zero-order valence-electron chi connectivity index (χ0n) is 27.7. The number of carbonyl (C=O) groups is 3. The third-order valence-corrected chi connectivity index (χ3v) is 9.25. The molecule has 0 saturated carbocycles. The molecule has 244 valence electrons. The van der Waals surface area contributed by atoms with E-state index in [2.05, 4.69) is 19.2 Å². The van der Waals surface area contributed by atoms with E-state index in [9.17, 15) is 19.5 Å². The van der Waals surface area contributed by atoms with Crippen LogP contribution in [-0.4, -0.2) is 96.8 Å². The average Bonchev–Trinajstić information content (AvgIpc) is 3.49. The molecule has 3 amide bonds. The van der Waals surface area contributed by atoms with Crippen LogP contribution >= 0.6 is 0 Å². The molecule has 0 bridgehead atoms. The van der Waals surface area contributed by atoms with Crippen LogP contribution in [0.3, 0.4) is 0 Å². The summed E-state index contributed by atoms with van der Waals surface area (Å²) in [6, 6.07) is 7.43. The van der Waals surface area contributed by atoms with Gasteiger partial charge in [0.05, 0.1) is 54.8 Å². The summed E-state index contributed by atoms with van der Waals surface area (Å²) in [4.78, 5) is 43.8. The summed E-state index contributed by atoms with van der Waals surface area (Å²) in [6.45, 7) is 12.1. The standard InChI is InChI=1S/C33H56N4O6/c1-10-21(4)29(36(7)33(41)28(34)20(2)3)26(42-8)19-27(38)37-18-14-17-25(37)31(43-9)22(5)32(40)35-23(6)30(39)24-15-12-11-13-16-24/h11-13,15-16,20-23,25-26,28-31,39H,10,14,17-19,34H2,1-9H3,(H,35,40)/t21-,22+,23+,25-,26+,28-,29-,30-,31+/m0/s1. The minimum absolute atomic E-state index is 0.0183. The van der Waals surface area contributed by atoms with Crippen molar-refractivity contribution in [2.45, 2.75) is 110 Å². The number of nitrogens with two attached hydrogens (primary N) is 1. The zero-order chi connectivity index (χ0) is 32.4. The SMILES string of the molecule is CC[C@H](C)[C@@H]([C@@H](CC(=O)N1CCC[C@H]1[C@H](OC)[C@@H](C)C(=O)N[C@H](C)[C@H](O)c1ccccc1)OC)N(C)C(=O)[C@@H](N)C(C)C. The van der Waals surface area contributed by atoms with Crippen molar-refractivity contribution in [3.63, 3.8) is 0 Å². The number of amides is 3. The summed E-state index contributed by atoms with van der Waals surface area (Å²) in [5.74, 6) is -1.03. The van der Waals surface area contributed by atoms with Crippen molar-refractivity contribution in [3.8, 4) is 0 Å². The lowest BCUT2D eigenvalue weighted by Crippen LogP contribution is -2.56. The van der Waals surface area contributed by atoms with Gasteiger partial charge in [-0.25, -0.2) is 0 Å². The van der Waals surface area contributed by atoms with Crippen molar-refractivity contribution in [1.82, 2.24) is 15.1 Å². The van der Waals surface area contributed by atoms with Gasteiger partial charge in [0.15, 0.2) is 0 Å². The molecule has 1 saturated heterocycles. The highest BCUT2D eigenvalue weighted by Gasteiger charge is 2.42. The third-order valence-electron chi connectivity index (χ3n) is 9.25. The van der Waals surface area contributed by atoms with Crippen LogP contribution in [0.4, 0.5) is 0 Å². The Hall–Kier alpha value is -2.53. The number of nitrogens with one attached hydrogen (secondary N) is 1. The highest BCUT2D eigenvalue weighted by molar-refractivity contribution is 5.83. The number of rotatable bonds is 16. The molecule has 1 aliphatic heterocycles. The van der Waals surface area contributed by atoms with Crippen LogP contribution < -0.4 is 11.1 Å². The molecule has 9 atom stereocenters. The van der Waals surface area contributed by atoms with Gasteiger partial charge in [-0.05, 0) is 37.2 Å². The molecule has 0 spiro atoms. The second kappa shape index (κ2) is 17.1. The first-order valence-electron chi connectivity index (χ1n) is 15.7. The van der Waals surface area contributed by atoms with Crippen LogP contribution in [0.2, 0.25) is 0 Å².